The Morgan fingerprint density at radius 2 is 1.75 bits per heavy atom. The third kappa shape index (κ3) is 4.60. The Labute approximate surface area is 164 Å². The SMILES string of the molecule is CCOc1ccc(CN(Cc2ccco2)S(=O)(=O)c2ccc(C#N)cc2)cc1. The van der Waals surface area contributed by atoms with E-state index in [1.165, 1.54) is 34.8 Å². The lowest BCUT2D eigenvalue weighted by molar-refractivity contribution is 0.339. The number of furan rings is 1. The molecule has 0 saturated carbocycles. The van der Waals surface area contributed by atoms with Gasteiger partial charge in [0.25, 0.3) is 0 Å². The van der Waals surface area contributed by atoms with Crippen molar-refractivity contribution in [3.63, 3.8) is 0 Å². The van der Waals surface area contributed by atoms with Crippen molar-refractivity contribution in [2.75, 3.05) is 6.61 Å². The van der Waals surface area contributed by atoms with E-state index in [9.17, 15) is 8.42 Å². The van der Waals surface area contributed by atoms with Crippen LogP contribution < -0.4 is 4.74 Å². The standard InChI is InChI=1S/C21H20N2O4S/c1-2-26-19-9-5-18(6-10-19)15-23(16-20-4-3-13-27-20)28(24,25)21-11-7-17(14-22)8-12-21/h3-13H,2,15-16H2,1H3. The third-order valence-electron chi connectivity index (χ3n) is 4.13. The molecule has 0 amide bonds. The molecule has 1 aromatic heterocycles. The van der Waals surface area contributed by atoms with E-state index in [0.29, 0.717) is 17.9 Å². The summed E-state index contributed by atoms with van der Waals surface area (Å²) >= 11 is 0. The number of ether oxygens (including phenoxy) is 1. The first kappa shape index (κ1) is 19.7. The van der Waals surface area contributed by atoms with Gasteiger partial charge in [-0.2, -0.15) is 9.57 Å². The van der Waals surface area contributed by atoms with Gasteiger partial charge in [-0.3, -0.25) is 0 Å². The van der Waals surface area contributed by atoms with Crippen LogP contribution >= 0.6 is 0 Å². The van der Waals surface area contributed by atoms with Gasteiger partial charge in [-0.25, -0.2) is 8.42 Å². The van der Waals surface area contributed by atoms with Gasteiger partial charge in [-0.05, 0) is 61.0 Å². The normalized spacial score (nSPS) is 11.3. The average Bonchev–Trinajstić information content (AvgIpc) is 3.22. The Kier molecular flexibility index (Phi) is 6.14. The second-order valence-electron chi connectivity index (χ2n) is 6.07. The first-order valence-electron chi connectivity index (χ1n) is 8.77. The van der Waals surface area contributed by atoms with Crippen molar-refractivity contribution in [1.82, 2.24) is 4.31 Å². The molecule has 3 rings (SSSR count). The quantitative estimate of drug-likeness (QED) is 0.576. The molecule has 6 nitrogen and oxygen atoms in total. The summed E-state index contributed by atoms with van der Waals surface area (Å²) in [7, 11) is -3.79. The molecule has 1 heterocycles. The lowest BCUT2D eigenvalue weighted by Gasteiger charge is -2.21. The lowest BCUT2D eigenvalue weighted by Crippen LogP contribution is -2.30. The lowest BCUT2D eigenvalue weighted by atomic mass is 10.2. The van der Waals surface area contributed by atoms with Crippen molar-refractivity contribution in [2.24, 2.45) is 0 Å². The van der Waals surface area contributed by atoms with Crippen LogP contribution in [0.2, 0.25) is 0 Å². The molecule has 0 aliphatic rings. The number of nitrogens with zero attached hydrogens (tertiary/aromatic N) is 2. The van der Waals surface area contributed by atoms with Gasteiger partial charge in [0.15, 0.2) is 0 Å². The second-order valence-corrected chi connectivity index (χ2v) is 8.00. The van der Waals surface area contributed by atoms with Crippen LogP contribution in [0, 0.1) is 11.3 Å². The van der Waals surface area contributed by atoms with Crippen molar-refractivity contribution in [1.29, 1.82) is 5.26 Å². The molecule has 0 N–H and O–H groups in total. The molecule has 0 bridgehead atoms. The maximum absolute atomic E-state index is 13.2. The predicted molar refractivity (Wildman–Crippen MR) is 104 cm³/mol. The molecular weight excluding hydrogens is 376 g/mol. The van der Waals surface area contributed by atoms with Crippen molar-refractivity contribution in [3.8, 4) is 11.8 Å². The summed E-state index contributed by atoms with van der Waals surface area (Å²) in [6.07, 6.45) is 1.51. The van der Waals surface area contributed by atoms with Crippen LogP contribution in [0.4, 0.5) is 0 Å². The van der Waals surface area contributed by atoms with Crippen LogP contribution in [0.15, 0.2) is 76.2 Å². The fraction of sp³-hybridized carbons (Fsp3) is 0.190. The molecule has 7 heteroatoms. The van der Waals surface area contributed by atoms with Gasteiger partial charge in [0.2, 0.25) is 10.0 Å². The molecule has 0 aliphatic heterocycles. The summed E-state index contributed by atoms with van der Waals surface area (Å²) < 4.78 is 38.6. The maximum Gasteiger partial charge on any atom is 0.243 e. The largest absolute Gasteiger partial charge is 0.494 e. The number of benzene rings is 2. The Morgan fingerprint density at radius 3 is 2.32 bits per heavy atom. The molecular formula is C21H20N2O4S. The van der Waals surface area contributed by atoms with Crippen LogP contribution in [-0.4, -0.2) is 19.3 Å². The minimum atomic E-state index is -3.79. The monoisotopic (exact) mass is 396 g/mol. The summed E-state index contributed by atoms with van der Waals surface area (Å²) in [5, 5.41) is 8.93. The zero-order valence-electron chi connectivity index (χ0n) is 15.4. The Hall–Kier alpha value is -3.08. The number of hydrogen-bond donors (Lipinski definition) is 0. The predicted octanol–water partition coefficient (Wildman–Crippen LogP) is 3.94. The zero-order chi connectivity index (χ0) is 20.0. The number of hydrogen-bond acceptors (Lipinski definition) is 5. The molecule has 0 saturated heterocycles. The van der Waals surface area contributed by atoms with E-state index in [2.05, 4.69) is 0 Å². The molecule has 2 aromatic carbocycles. The van der Waals surface area contributed by atoms with E-state index in [4.69, 9.17) is 14.4 Å². The highest BCUT2D eigenvalue weighted by molar-refractivity contribution is 7.89. The van der Waals surface area contributed by atoms with E-state index in [1.807, 2.05) is 37.3 Å². The summed E-state index contributed by atoms with van der Waals surface area (Å²) in [5.41, 5.74) is 1.23. The van der Waals surface area contributed by atoms with E-state index in [0.717, 1.165) is 11.3 Å². The van der Waals surface area contributed by atoms with E-state index in [1.54, 1.807) is 12.1 Å². The maximum atomic E-state index is 13.2. The van der Waals surface area contributed by atoms with Gasteiger partial charge in [-0.1, -0.05) is 12.1 Å². The van der Waals surface area contributed by atoms with E-state index >= 15 is 0 Å². The fourth-order valence-corrected chi connectivity index (χ4v) is 4.11. The number of nitriles is 1. The first-order valence-corrected chi connectivity index (χ1v) is 10.2. The number of sulfonamides is 1. The second kappa shape index (κ2) is 8.74. The highest BCUT2D eigenvalue weighted by atomic mass is 32.2. The van der Waals surface area contributed by atoms with Crippen LogP contribution in [-0.2, 0) is 23.1 Å². The van der Waals surface area contributed by atoms with Gasteiger partial charge >= 0.3 is 0 Å². The molecule has 0 fully saturated rings. The molecule has 0 atom stereocenters. The molecule has 0 unspecified atom stereocenters. The van der Waals surface area contributed by atoms with Gasteiger partial charge in [0.05, 0.1) is 35.9 Å². The zero-order valence-corrected chi connectivity index (χ0v) is 16.2. The smallest absolute Gasteiger partial charge is 0.243 e. The summed E-state index contributed by atoms with van der Waals surface area (Å²) in [6.45, 7) is 2.75. The van der Waals surface area contributed by atoms with Crippen molar-refractivity contribution in [2.45, 2.75) is 24.9 Å². The van der Waals surface area contributed by atoms with Crippen molar-refractivity contribution < 1.29 is 17.6 Å². The van der Waals surface area contributed by atoms with E-state index < -0.39 is 10.0 Å². The van der Waals surface area contributed by atoms with Crippen LogP contribution in [0.25, 0.3) is 0 Å². The average molecular weight is 396 g/mol. The first-order chi connectivity index (χ1) is 13.5. The van der Waals surface area contributed by atoms with Crippen LogP contribution in [0.5, 0.6) is 5.75 Å². The third-order valence-corrected chi connectivity index (χ3v) is 5.93. The number of rotatable bonds is 8. The van der Waals surface area contributed by atoms with E-state index in [-0.39, 0.29) is 18.0 Å². The van der Waals surface area contributed by atoms with Crippen molar-refractivity contribution >= 4 is 10.0 Å². The molecule has 0 aliphatic carbocycles. The molecule has 0 spiro atoms. The Morgan fingerprint density at radius 1 is 1.04 bits per heavy atom. The fourth-order valence-electron chi connectivity index (χ4n) is 2.71. The summed E-state index contributed by atoms with van der Waals surface area (Å²) in [5.74, 6) is 1.28. The van der Waals surface area contributed by atoms with Gasteiger partial charge in [-0.15, -0.1) is 0 Å². The Balaban J connectivity index is 1.90. The highest BCUT2D eigenvalue weighted by Gasteiger charge is 2.26. The molecule has 144 valence electrons. The van der Waals surface area contributed by atoms with Gasteiger partial charge < -0.3 is 9.15 Å². The molecule has 3 aromatic rings. The molecule has 0 radical (unpaired) electrons. The minimum Gasteiger partial charge on any atom is -0.494 e. The minimum absolute atomic E-state index is 0.0997. The summed E-state index contributed by atoms with van der Waals surface area (Å²) in [4.78, 5) is 0.129. The van der Waals surface area contributed by atoms with Gasteiger partial charge in [0.1, 0.15) is 11.5 Å². The Bertz CT molecular complexity index is 1040. The molecule has 28 heavy (non-hydrogen) atoms. The highest BCUT2D eigenvalue weighted by Crippen LogP contribution is 2.23. The van der Waals surface area contributed by atoms with Gasteiger partial charge in [0, 0.05) is 6.54 Å². The summed E-state index contributed by atoms with van der Waals surface area (Å²) in [6, 6.07) is 18.6. The van der Waals surface area contributed by atoms with Crippen molar-refractivity contribution in [3.05, 3.63) is 83.8 Å². The topological polar surface area (TPSA) is 83.5 Å². The van der Waals surface area contributed by atoms with Crippen LogP contribution in [0.1, 0.15) is 23.8 Å². The van der Waals surface area contributed by atoms with Crippen LogP contribution in [0.3, 0.4) is 0 Å².